The molecule has 1 saturated heterocycles. The molecule has 1 heterocycles. The Bertz CT molecular complexity index is 675. The molecule has 1 unspecified atom stereocenters. The summed E-state index contributed by atoms with van der Waals surface area (Å²) in [6.07, 6.45) is 4.94. The third-order valence-corrected chi connectivity index (χ3v) is 6.35. The number of ether oxygens (including phenoxy) is 1. The Labute approximate surface area is 150 Å². The smallest absolute Gasteiger partial charge is 0.251 e. The van der Waals surface area contributed by atoms with Crippen molar-refractivity contribution in [2.75, 3.05) is 26.7 Å². The lowest BCUT2D eigenvalue weighted by Crippen LogP contribution is -2.30. The van der Waals surface area contributed by atoms with Crippen molar-refractivity contribution >= 4 is 15.9 Å². The first-order chi connectivity index (χ1) is 12.0. The Morgan fingerprint density at radius 1 is 1.32 bits per heavy atom. The number of nitrogens with zero attached hydrogens (tertiary/aromatic N) is 1. The Morgan fingerprint density at radius 2 is 2.12 bits per heavy atom. The molecule has 1 aromatic rings. The van der Waals surface area contributed by atoms with Gasteiger partial charge in [0.15, 0.2) is 0 Å². The van der Waals surface area contributed by atoms with Crippen molar-refractivity contribution in [3.63, 3.8) is 0 Å². The fraction of sp³-hybridized carbons (Fsp3) is 0.611. The zero-order chi connectivity index (χ0) is 18.3. The lowest BCUT2D eigenvalue weighted by atomic mass is 10.2. The van der Waals surface area contributed by atoms with Crippen molar-refractivity contribution in [2.45, 2.75) is 50.0 Å². The Balaban J connectivity index is 2.01. The Kier molecular flexibility index (Phi) is 7.40. The van der Waals surface area contributed by atoms with E-state index in [4.69, 9.17) is 4.74 Å². The van der Waals surface area contributed by atoms with Gasteiger partial charge in [-0.15, -0.1) is 0 Å². The lowest BCUT2D eigenvalue weighted by molar-refractivity contribution is 0.0952. The van der Waals surface area contributed by atoms with Crippen LogP contribution >= 0.6 is 0 Å². The summed E-state index contributed by atoms with van der Waals surface area (Å²) in [5.41, 5.74) is 0.374. The van der Waals surface area contributed by atoms with Crippen molar-refractivity contribution in [1.29, 1.82) is 0 Å². The highest BCUT2D eigenvalue weighted by Crippen LogP contribution is 2.23. The van der Waals surface area contributed by atoms with Gasteiger partial charge in [-0.2, -0.15) is 4.31 Å². The van der Waals surface area contributed by atoms with E-state index < -0.39 is 10.0 Å². The van der Waals surface area contributed by atoms with E-state index in [-0.39, 0.29) is 16.9 Å². The molecule has 0 radical (unpaired) electrons. The molecule has 1 aliphatic rings. The van der Waals surface area contributed by atoms with Crippen molar-refractivity contribution in [3.05, 3.63) is 29.8 Å². The van der Waals surface area contributed by atoms with Gasteiger partial charge < -0.3 is 10.1 Å². The van der Waals surface area contributed by atoms with Gasteiger partial charge in [-0.1, -0.05) is 32.3 Å². The molecule has 2 rings (SSSR count). The quantitative estimate of drug-likeness (QED) is 0.679. The molecule has 1 aliphatic heterocycles. The molecule has 1 amide bonds. The molecule has 0 bridgehead atoms. The van der Waals surface area contributed by atoms with Gasteiger partial charge in [0.2, 0.25) is 10.0 Å². The van der Waals surface area contributed by atoms with Crippen molar-refractivity contribution < 1.29 is 17.9 Å². The minimum absolute atomic E-state index is 0.0654. The first-order valence-corrected chi connectivity index (χ1v) is 10.3. The highest BCUT2D eigenvalue weighted by molar-refractivity contribution is 7.89. The summed E-state index contributed by atoms with van der Waals surface area (Å²) in [5.74, 6) is -0.232. The predicted molar refractivity (Wildman–Crippen MR) is 97.1 cm³/mol. The van der Waals surface area contributed by atoms with E-state index in [9.17, 15) is 13.2 Å². The molecule has 0 aromatic heterocycles. The van der Waals surface area contributed by atoms with E-state index >= 15 is 0 Å². The first kappa shape index (κ1) is 19.9. The zero-order valence-corrected chi connectivity index (χ0v) is 15.8. The van der Waals surface area contributed by atoms with E-state index in [1.54, 1.807) is 19.2 Å². The topological polar surface area (TPSA) is 75.7 Å². The summed E-state index contributed by atoms with van der Waals surface area (Å²) in [6.45, 7) is 3.54. The van der Waals surface area contributed by atoms with Gasteiger partial charge in [-0.05, 0) is 31.0 Å². The molecule has 0 aliphatic carbocycles. The van der Waals surface area contributed by atoms with E-state index in [2.05, 4.69) is 12.2 Å². The normalized spacial score (nSPS) is 18.4. The molecule has 7 heteroatoms. The van der Waals surface area contributed by atoms with E-state index in [0.29, 0.717) is 31.6 Å². The number of sulfonamides is 1. The summed E-state index contributed by atoms with van der Waals surface area (Å²) < 4.78 is 32.1. The van der Waals surface area contributed by atoms with Gasteiger partial charge in [0, 0.05) is 32.3 Å². The van der Waals surface area contributed by atoms with Crippen molar-refractivity contribution in [1.82, 2.24) is 9.62 Å². The van der Waals surface area contributed by atoms with Crippen LogP contribution in [0.3, 0.4) is 0 Å². The summed E-state index contributed by atoms with van der Waals surface area (Å²) in [6, 6.07) is 6.25. The number of methoxy groups -OCH3 is 1. The summed E-state index contributed by atoms with van der Waals surface area (Å²) in [4.78, 5) is 12.4. The van der Waals surface area contributed by atoms with E-state index in [0.717, 1.165) is 25.7 Å². The third kappa shape index (κ3) is 5.26. The lowest BCUT2D eigenvalue weighted by Gasteiger charge is -2.16. The molecule has 1 atom stereocenters. The average Bonchev–Trinajstić information content (AvgIpc) is 3.11. The highest BCUT2D eigenvalue weighted by Gasteiger charge is 2.32. The number of carbonyl (C=O) groups is 1. The van der Waals surface area contributed by atoms with Crippen LogP contribution in [0.15, 0.2) is 29.2 Å². The minimum Gasteiger partial charge on any atom is -0.380 e. The maximum atomic E-state index is 12.7. The molecule has 0 spiro atoms. The predicted octanol–water partition coefficient (Wildman–Crippen LogP) is 2.41. The Morgan fingerprint density at radius 3 is 2.80 bits per heavy atom. The fourth-order valence-corrected chi connectivity index (χ4v) is 4.44. The van der Waals surface area contributed by atoms with Crippen LogP contribution in [0.1, 0.15) is 49.4 Å². The number of rotatable bonds is 9. The third-order valence-electron chi connectivity index (χ3n) is 4.49. The SMILES string of the molecule is CCCCCCNC(=O)c1cccc(S(=O)(=O)N2CCC(OC)C2)c1. The second kappa shape index (κ2) is 9.31. The molecule has 1 aromatic carbocycles. The average molecular weight is 368 g/mol. The Hall–Kier alpha value is -1.44. The van der Waals surface area contributed by atoms with Gasteiger partial charge in [-0.3, -0.25) is 4.79 Å². The van der Waals surface area contributed by atoms with Crippen LogP contribution < -0.4 is 5.32 Å². The number of nitrogens with one attached hydrogen (secondary N) is 1. The second-order valence-corrected chi connectivity index (χ2v) is 8.29. The molecule has 1 N–H and O–H groups in total. The number of benzene rings is 1. The van der Waals surface area contributed by atoms with Gasteiger partial charge >= 0.3 is 0 Å². The standard InChI is InChI=1S/C18H28N2O4S/c1-3-4-5-6-11-19-18(21)15-8-7-9-17(13-15)25(22,23)20-12-10-16(14-20)24-2/h7-9,13,16H,3-6,10-12,14H2,1-2H3,(H,19,21). The van der Waals surface area contributed by atoms with Crippen LogP contribution in [0.5, 0.6) is 0 Å². The van der Waals surface area contributed by atoms with Crippen LogP contribution in [-0.2, 0) is 14.8 Å². The van der Waals surface area contributed by atoms with Crippen LogP contribution in [0.2, 0.25) is 0 Å². The number of unbranched alkanes of at least 4 members (excludes halogenated alkanes) is 3. The largest absolute Gasteiger partial charge is 0.380 e. The van der Waals surface area contributed by atoms with Crippen LogP contribution in [-0.4, -0.2) is 51.5 Å². The molecular weight excluding hydrogens is 340 g/mol. The molecule has 140 valence electrons. The summed E-state index contributed by atoms with van der Waals surface area (Å²) >= 11 is 0. The van der Waals surface area contributed by atoms with Crippen LogP contribution in [0, 0.1) is 0 Å². The monoisotopic (exact) mass is 368 g/mol. The summed E-state index contributed by atoms with van der Waals surface area (Å²) in [5, 5.41) is 2.85. The summed E-state index contributed by atoms with van der Waals surface area (Å²) in [7, 11) is -2.01. The van der Waals surface area contributed by atoms with E-state index in [1.165, 1.54) is 16.4 Å². The highest BCUT2D eigenvalue weighted by atomic mass is 32.2. The fourth-order valence-electron chi connectivity index (χ4n) is 2.91. The van der Waals surface area contributed by atoms with Gasteiger partial charge in [-0.25, -0.2) is 8.42 Å². The zero-order valence-electron chi connectivity index (χ0n) is 15.0. The molecule has 0 saturated carbocycles. The minimum atomic E-state index is -3.60. The van der Waals surface area contributed by atoms with Crippen LogP contribution in [0.4, 0.5) is 0 Å². The number of hydrogen-bond acceptors (Lipinski definition) is 4. The number of hydrogen-bond donors (Lipinski definition) is 1. The van der Waals surface area contributed by atoms with Gasteiger partial charge in [0.05, 0.1) is 11.0 Å². The molecular formula is C18H28N2O4S. The number of carbonyl (C=O) groups excluding carboxylic acids is 1. The molecule has 1 fully saturated rings. The second-order valence-electron chi connectivity index (χ2n) is 6.35. The van der Waals surface area contributed by atoms with Crippen LogP contribution in [0.25, 0.3) is 0 Å². The first-order valence-electron chi connectivity index (χ1n) is 8.90. The number of amides is 1. The maximum Gasteiger partial charge on any atom is 0.251 e. The van der Waals surface area contributed by atoms with Crippen molar-refractivity contribution in [2.24, 2.45) is 0 Å². The molecule has 6 nitrogen and oxygen atoms in total. The maximum absolute atomic E-state index is 12.7. The van der Waals surface area contributed by atoms with Gasteiger partial charge in [0.1, 0.15) is 0 Å². The van der Waals surface area contributed by atoms with E-state index in [1.807, 2.05) is 0 Å². The molecule has 25 heavy (non-hydrogen) atoms. The van der Waals surface area contributed by atoms with Crippen molar-refractivity contribution in [3.8, 4) is 0 Å². The van der Waals surface area contributed by atoms with Gasteiger partial charge in [0.25, 0.3) is 5.91 Å².